The van der Waals surface area contributed by atoms with Crippen molar-refractivity contribution in [2.45, 2.75) is 52.0 Å². The van der Waals surface area contributed by atoms with Gasteiger partial charge in [0.25, 0.3) is 0 Å². The molecule has 1 aromatic rings. The van der Waals surface area contributed by atoms with Crippen LogP contribution >= 0.6 is 15.9 Å². The number of ether oxygens (including phenoxy) is 1. The minimum Gasteiger partial charge on any atom is -0.492 e. The highest BCUT2D eigenvalue weighted by molar-refractivity contribution is 9.10. The van der Waals surface area contributed by atoms with Gasteiger partial charge in [-0.05, 0) is 71.8 Å². The number of hydrogen-bond acceptors (Lipinski definition) is 2. The van der Waals surface area contributed by atoms with E-state index in [1.165, 1.54) is 31.2 Å². The van der Waals surface area contributed by atoms with Crippen molar-refractivity contribution in [3.8, 4) is 5.75 Å². The Morgan fingerprint density at radius 1 is 1.29 bits per heavy atom. The average Bonchev–Trinajstić information content (AvgIpc) is 2.49. The molecule has 21 heavy (non-hydrogen) atoms. The largest absolute Gasteiger partial charge is 0.492 e. The van der Waals surface area contributed by atoms with Crippen molar-refractivity contribution >= 4 is 15.9 Å². The lowest BCUT2D eigenvalue weighted by Crippen LogP contribution is -2.28. The first kappa shape index (κ1) is 16.8. The van der Waals surface area contributed by atoms with Crippen molar-refractivity contribution in [1.82, 2.24) is 5.32 Å². The Balaban J connectivity index is 2.09. The Labute approximate surface area is 137 Å². The molecule has 3 heteroatoms. The highest BCUT2D eigenvalue weighted by atomic mass is 79.9. The zero-order chi connectivity index (χ0) is 15.2. The van der Waals surface area contributed by atoms with Gasteiger partial charge in [-0.2, -0.15) is 0 Å². The second-order valence-corrected chi connectivity index (χ2v) is 7.18. The van der Waals surface area contributed by atoms with E-state index in [0.717, 1.165) is 35.1 Å². The number of benzene rings is 1. The third-order valence-corrected chi connectivity index (χ3v) is 5.24. The van der Waals surface area contributed by atoms with Crippen molar-refractivity contribution < 1.29 is 4.74 Å². The van der Waals surface area contributed by atoms with E-state index in [1.807, 2.05) is 0 Å². The molecule has 2 rings (SSSR count). The minimum absolute atomic E-state index is 0.453. The summed E-state index contributed by atoms with van der Waals surface area (Å²) in [5.41, 5.74) is 1.37. The molecule has 1 saturated carbocycles. The predicted octanol–water partition coefficient (Wildman–Crippen LogP) is 5.32. The van der Waals surface area contributed by atoms with Gasteiger partial charge in [-0.3, -0.25) is 0 Å². The number of nitrogens with one attached hydrogen (secondary N) is 1. The Morgan fingerprint density at radius 2 is 2.00 bits per heavy atom. The van der Waals surface area contributed by atoms with Crippen molar-refractivity contribution in [2.75, 3.05) is 13.7 Å². The van der Waals surface area contributed by atoms with Gasteiger partial charge in [0.2, 0.25) is 0 Å². The van der Waals surface area contributed by atoms with Crippen LogP contribution in [0.4, 0.5) is 0 Å². The number of hydrogen-bond donors (Lipinski definition) is 1. The Kier molecular flexibility index (Phi) is 6.56. The molecule has 0 amide bonds. The second-order valence-electron chi connectivity index (χ2n) is 6.32. The van der Waals surface area contributed by atoms with Gasteiger partial charge in [0, 0.05) is 6.04 Å². The highest BCUT2D eigenvalue weighted by Crippen LogP contribution is 2.38. The fourth-order valence-corrected chi connectivity index (χ4v) is 3.84. The summed E-state index contributed by atoms with van der Waals surface area (Å²) >= 11 is 3.66. The van der Waals surface area contributed by atoms with Gasteiger partial charge in [-0.15, -0.1) is 0 Å². The third kappa shape index (κ3) is 4.46. The lowest BCUT2D eigenvalue weighted by Gasteiger charge is -2.33. The molecule has 1 aliphatic rings. The first-order valence-electron chi connectivity index (χ1n) is 8.25. The van der Waals surface area contributed by atoms with E-state index in [0.29, 0.717) is 6.04 Å². The van der Waals surface area contributed by atoms with Crippen LogP contribution in [0.3, 0.4) is 0 Å². The molecule has 0 heterocycles. The Bertz CT molecular complexity index is 441. The van der Waals surface area contributed by atoms with E-state index < -0.39 is 0 Å². The van der Waals surface area contributed by atoms with Gasteiger partial charge >= 0.3 is 0 Å². The number of rotatable bonds is 6. The minimum atomic E-state index is 0.453. The second kappa shape index (κ2) is 8.19. The maximum Gasteiger partial charge on any atom is 0.133 e. The lowest BCUT2D eigenvalue weighted by molar-refractivity contribution is 0.238. The van der Waals surface area contributed by atoms with Crippen LogP contribution in [-0.2, 0) is 0 Å². The summed E-state index contributed by atoms with van der Waals surface area (Å²) in [6, 6.07) is 7.00. The summed E-state index contributed by atoms with van der Waals surface area (Å²) in [7, 11) is 2.08. The molecule has 1 aliphatic carbocycles. The summed E-state index contributed by atoms with van der Waals surface area (Å²) in [6.07, 6.45) is 6.42. The van der Waals surface area contributed by atoms with E-state index >= 15 is 0 Å². The van der Waals surface area contributed by atoms with Crippen LogP contribution in [0.1, 0.15) is 57.6 Å². The van der Waals surface area contributed by atoms with Gasteiger partial charge in [0.1, 0.15) is 5.75 Å². The van der Waals surface area contributed by atoms with Crippen LogP contribution in [-0.4, -0.2) is 13.7 Å². The average molecular weight is 354 g/mol. The smallest absolute Gasteiger partial charge is 0.133 e. The molecule has 0 aromatic heterocycles. The summed E-state index contributed by atoms with van der Waals surface area (Å²) < 4.78 is 6.81. The van der Waals surface area contributed by atoms with Gasteiger partial charge in [0.15, 0.2) is 0 Å². The Morgan fingerprint density at radius 3 is 2.57 bits per heavy atom. The third-order valence-electron chi connectivity index (χ3n) is 4.62. The summed E-state index contributed by atoms with van der Waals surface area (Å²) in [5.74, 6) is 2.60. The normalized spacial score (nSPS) is 23.8. The van der Waals surface area contributed by atoms with Crippen molar-refractivity contribution in [2.24, 2.45) is 11.8 Å². The van der Waals surface area contributed by atoms with E-state index in [2.05, 4.69) is 60.3 Å². The Hall–Kier alpha value is -0.540. The zero-order valence-electron chi connectivity index (χ0n) is 13.5. The van der Waals surface area contributed by atoms with Gasteiger partial charge in [0.05, 0.1) is 11.1 Å². The maximum absolute atomic E-state index is 5.75. The standard InChI is InChI=1S/C18H28BrNO/c1-4-11-21-17-10-9-15(12-16(17)19)18(20-3)14-7-5-13(2)6-8-14/h9-10,12-14,18,20H,4-8,11H2,1-3H3. The quantitative estimate of drug-likeness (QED) is 0.746. The number of halogens is 1. The van der Waals surface area contributed by atoms with Crippen molar-refractivity contribution in [3.05, 3.63) is 28.2 Å². The first-order chi connectivity index (χ1) is 10.2. The van der Waals surface area contributed by atoms with Crippen LogP contribution < -0.4 is 10.1 Å². The van der Waals surface area contributed by atoms with E-state index in [4.69, 9.17) is 4.74 Å². The molecule has 1 atom stereocenters. The van der Waals surface area contributed by atoms with E-state index in [1.54, 1.807) is 0 Å². The molecule has 118 valence electrons. The van der Waals surface area contributed by atoms with E-state index in [-0.39, 0.29) is 0 Å². The highest BCUT2D eigenvalue weighted by Gasteiger charge is 2.26. The predicted molar refractivity (Wildman–Crippen MR) is 92.9 cm³/mol. The summed E-state index contributed by atoms with van der Waals surface area (Å²) in [6.45, 7) is 5.28. The van der Waals surface area contributed by atoms with E-state index in [9.17, 15) is 0 Å². The molecule has 0 aliphatic heterocycles. The van der Waals surface area contributed by atoms with Crippen LogP contribution in [0.25, 0.3) is 0 Å². The monoisotopic (exact) mass is 353 g/mol. The lowest BCUT2D eigenvalue weighted by atomic mass is 9.77. The fourth-order valence-electron chi connectivity index (χ4n) is 3.33. The molecular weight excluding hydrogens is 326 g/mol. The van der Waals surface area contributed by atoms with Crippen molar-refractivity contribution in [3.63, 3.8) is 0 Å². The molecule has 0 bridgehead atoms. The summed E-state index contributed by atoms with van der Waals surface area (Å²) in [5, 5.41) is 3.53. The molecule has 0 spiro atoms. The molecular formula is C18H28BrNO. The SMILES string of the molecule is CCCOc1ccc(C(NC)C2CCC(C)CC2)cc1Br. The van der Waals surface area contributed by atoms with Crippen LogP contribution in [0, 0.1) is 11.8 Å². The molecule has 2 nitrogen and oxygen atoms in total. The van der Waals surface area contributed by atoms with Crippen LogP contribution in [0.2, 0.25) is 0 Å². The van der Waals surface area contributed by atoms with Crippen LogP contribution in [0.5, 0.6) is 5.75 Å². The maximum atomic E-state index is 5.75. The molecule has 1 aromatic carbocycles. The first-order valence-corrected chi connectivity index (χ1v) is 9.04. The van der Waals surface area contributed by atoms with Crippen molar-refractivity contribution in [1.29, 1.82) is 0 Å². The molecule has 1 N–H and O–H groups in total. The summed E-state index contributed by atoms with van der Waals surface area (Å²) in [4.78, 5) is 0. The van der Waals surface area contributed by atoms with Gasteiger partial charge in [-0.1, -0.05) is 32.8 Å². The topological polar surface area (TPSA) is 21.3 Å². The fraction of sp³-hybridized carbons (Fsp3) is 0.667. The van der Waals surface area contributed by atoms with Gasteiger partial charge in [-0.25, -0.2) is 0 Å². The zero-order valence-corrected chi connectivity index (χ0v) is 15.1. The van der Waals surface area contributed by atoms with Crippen LogP contribution in [0.15, 0.2) is 22.7 Å². The molecule has 1 fully saturated rings. The molecule has 1 unspecified atom stereocenters. The van der Waals surface area contributed by atoms with Gasteiger partial charge < -0.3 is 10.1 Å². The molecule has 0 saturated heterocycles. The molecule has 0 radical (unpaired) electrons.